The molecule has 9 nitrogen and oxygen atoms in total. The predicted octanol–water partition coefficient (Wildman–Crippen LogP) is 24.5. The lowest BCUT2D eigenvalue weighted by Gasteiger charge is -2.36. The molecule has 94 heavy (non-hydrogen) atoms. The van der Waals surface area contributed by atoms with Crippen molar-refractivity contribution in [1.82, 2.24) is 0 Å². The van der Waals surface area contributed by atoms with Crippen LogP contribution in [0.15, 0.2) is 0 Å². The van der Waals surface area contributed by atoms with E-state index in [4.69, 9.17) is 14.7 Å². The molecule has 0 amide bonds. The summed E-state index contributed by atoms with van der Waals surface area (Å²) in [5, 5.41) is 65.6. The van der Waals surface area contributed by atoms with Gasteiger partial charge >= 0.3 is 8.60 Å². The molecule has 0 aliphatic heterocycles. The van der Waals surface area contributed by atoms with Crippen molar-refractivity contribution in [1.29, 1.82) is 0 Å². The highest BCUT2D eigenvalue weighted by Crippen LogP contribution is 2.42. The molecule has 0 spiro atoms. The number of hydrogen-bond donors (Lipinski definition) is 9. The molecule has 10 heteroatoms. The first kappa shape index (κ1) is 94.1. The highest BCUT2D eigenvalue weighted by molar-refractivity contribution is 7.38. The van der Waals surface area contributed by atoms with Crippen LogP contribution in [0.4, 0.5) is 0 Å². The number of aliphatic hydroxyl groups is 6. The lowest BCUT2D eigenvalue weighted by atomic mass is 9.72. The van der Waals surface area contributed by atoms with Gasteiger partial charge in [-0.2, -0.15) is 0 Å². The molecule has 3 fully saturated rings. The molecule has 3 aliphatic carbocycles. The van der Waals surface area contributed by atoms with E-state index in [1.807, 2.05) is 0 Å². The van der Waals surface area contributed by atoms with Crippen LogP contribution in [-0.2, 0) is 0 Å². The molecule has 12 unspecified atom stereocenters. The van der Waals surface area contributed by atoms with Crippen LogP contribution < -0.4 is 0 Å². The minimum absolute atomic E-state index is 0.293. The summed E-state index contributed by atoms with van der Waals surface area (Å²) in [5.74, 6) is 5.25. The van der Waals surface area contributed by atoms with Crippen LogP contribution in [0.25, 0.3) is 0 Å². The first-order valence-corrected chi connectivity index (χ1v) is 43.8. The second kappa shape index (κ2) is 67.6. The van der Waals surface area contributed by atoms with Gasteiger partial charge in [0.2, 0.25) is 0 Å². The number of unbranched alkanes of at least 4 members (excludes halogenated alkanes) is 24. The van der Waals surface area contributed by atoms with Crippen LogP contribution in [0.1, 0.15) is 448 Å². The molecule has 9 N–H and O–H groups in total. The Morgan fingerprint density at radius 1 is 0.234 bits per heavy atom. The summed E-state index contributed by atoms with van der Waals surface area (Å²) in [7, 11) is -2.62. The van der Waals surface area contributed by atoms with E-state index >= 15 is 0 Å². The molecule has 0 aromatic rings. The van der Waals surface area contributed by atoms with Crippen LogP contribution in [0.3, 0.4) is 0 Å². The third kappa shape index (κ3) is 50.4. The van der Waals surface area contributed by atoms with E-state index in [9.17, 15) is 30.6 Å². The van der Waals surface area contributed by atoms with Crippen LogP contribution >= 0.6 is 8.60 Å². The predicted molar refractivity (Wildman–Crippen MR) is 409 cm³/mol. The van der Waals surface area contributed by atoms with Crippen molar-refractivity contribution in [2.45, 2.75) is 484 Å². The van der Waals surface area contributed by atoms with Crippen LogP contribution in [0.2, 0.25) is 0 Å². The topological polar surface area (TPSA) is 182 Å². The molecule has 3 rings (SSSR count). The molecule has 0 bridgehead atoms. The van der Waals surface area contributed by atoms with Crippen LogP contribution in [0.5, 0.6) is 0 Å². The Bertz CT molecular complexity index is 1320. The second-order valence-corrected chi connectivity index (χ2v) is 32.1. The SMILES string of the molecule is CCCCCCCCC(C(CCCCCC)CC1CCCCC1)C(O)C(O)CCC.CCCCCCCCC(C(CCCCCC)CC1CCCCC1)C(O)C(O)CCC.CCCCCCCCC(C(CCCCCC)CC1CCCCC1)C(O)C(O)CCC.OP(O)O. The Kier molecular flexibility index (Phi) is 67.6. The Labute approximate surface area is 588 Å². The van der Waals surface area contributed by atoms with Crippen molar-refractivity contribution in [3.05, 3.63) is 0 Å². The van der Waals surface area contributed by atoms with E-state index in [-0.39, 0.29) is 0 Å². The van der Waals surface area contributed by atoms with Gasteiger partial charge in [0.1, 0.15) is 0 Å². The molecular weight excluding hydrogens is 1180 g/mol. The Morgan fingerprint density at radius 3 is 0.617 bits per heavy atom. The fourth-order valence-corrected chi connectivity index (χ4v) is 17.4. The molecule has 0 heterocycles. The minimum atomic E-state index is -2.62. The highest BCUT2D eigenvalue weighted by Gasteiger charge is 2.37. The fourth-order valence-electron chi connectivity index (χ4n) is 17.4. The summed E-state index contributed by atoms with van der Waals surface area (Å²) in [6, 6.07) is 0. The fraction of sp³-hybridized carbons (Fsp3) is 1.00. The molecule has 0 saturated heterocycles. The summed E-state index contributed by atoms with van der Waals surface area (Å²) < 4.78 is 0. The monoisotopic (exact) mass is 1360 g/mol. The second-order valence-electron chi connectivity index (χ2n) is 31.5. The first-order chi connectivity index (χ1) is 45.6. The molecule has 566 valence electrons. The Balaban J connectivity index is 0.00000134. The van der Waals surface area contributed by atoms with Crippen molar-refractivity contribution in [3.63, 3.8) is 0 Å². The van der Waals surface area contributed by atoms with Crippen LogP contribution in [-0.4, -0.2) is 81.9 Å². The van der Waals surface area contributed by atoms with Gasteiger partial charge in [-0.05, 0) is 111 Å². The van der Waals surface area contributed by atoms with E-state index in [0.717, 1.165) is 75.5 Å². The average Bonchev–Trinajstić information content (AvgIpc) is 0.980. The molecule has 0 radical (unpaired) electrons. The lowest BCUT2D eigenvalue weighted by Crippen LogP contribution is -2.38. The van der Waals surface area contributed by atoms with Gasteiger partial charge in [0.05, 0.1) is 36.6 Å². The molecule has 0 aromatic carbocycles. The van der Waals surface area contributed by atoms with Gasteiger partial charge < -0.3 is 45.3 Å². The van der Waals surface area contributed by atoms with Crippen molar-refractivity contribution in [2.24, 2.45) is 53.3 Å². The van der Waals surface area contributed by atoms with Gasteiger partial charge in [-0.15, -0.1) is 0 Å². The average molecular weight is 1360 g/mol. The molecule has 0 aromatic heterocycles. The normalized spacial score (nSPS) is 19.1. The quantitative estimate of drug-likeness (QED) is 0.0211. The number of rotatable bonds is 57. The standard InChI is InChI=1S/3C28H56O2.H3O3P/c3*1-4-7-9-11-12-17-22-26(28(30)27(29)18-6-3)25(21-16-10-8-5-2)23-24-19-14-13-15-20-24;1-4(2)3/h3*24-30H,4-23H2,1-3H3;1-3H. The third-order valence-corrected chi connectivity index (χ3v) is 23.1. The maximum Gasteiger partial charge on any atom is 0.324 e. The van der Waals surface area contributed by atoms with E-state index in [1.54, 1.807) is 0 Å². The lowest BCUT2D eigenvalue weighted by molar-refractivity contribution is -0.0465. The van der Waals surface area contributed by atoms with Gasteiger partial charge in [-0.1, -0.05) is 390 Å². The molecule has 3 aliphatic rings. The van der Waals surface area contributed by atoms with Gasteiger partial charge in [0, 0.05) is 0 Å². The molecular formula is C84H171O9P. The first-order valence-electron chi connectivity index (χ1n) is 42.6. The third-order valence-electron chi connectivity index (χ3n) is 23.1. The molecule has 12 atom stereocenters. The summed E-state index contributed by atoms with van der Waals surface area (Å²) in [5.41, 5.74) is 0. The van der Waals surface area contributed by atoms with E-state index < -0.39 is 45.2 Å². The largest absolute Gasteiger partial charge is 0.390 e. The van der Waals surface area contributed by atoms with E-state index in [2.05, 4.69) is 62.3 Å². The van der Waals surface area contributed by atoms with Crippen molar-refractivity contribution < 1.29 is 45.3 Å². The van der Waals surface area contributed by atoms with Crippen molar-refractivity contribution in [3.8, 4) is 0 Å². The zero-order valence-corrected chi connectivity index (χ0v) is 65.5. The van der Waals surface area contributed by atoms with Crippen molar-refractivity contribution in [2.75, 3.05) is 0 Å². The maximum absolute atomic E-state index is 11.2. The summed E-state index contributed by atoms with van der Waals surface area (Å²) in [4.78, 5) is 21.7. The van der Waals surface area contributed by atoms with Gasteiger partial charge in [-0.3, -0.25) is 0 Å². The zero-order valence-electron chi connectivity index (χ0n) is 64.6. The summed E-state index contributed by atoms with van der Waals surface area (Å²) in [6.07, 6.45) is 73.1. The van der Waals surface area contributed by atoms with E-state index in [0.29, 0.717) is 35.5 Å². The summed E-state index contributed by atoms with van der Waals surface area (Å²) >= 11 is 0. The summed E-state index contributed by atoms with van der Waals surface area (Å²) in [6.45, 7) is 20.0. The highest BCUT2D eigenvalue weighted by atomic mass is 31.2. The van der Waals surface area contributed by atoms with Gasteiger partial charge in [0.25, 0.3) is 0 Å². The smallest absolute Gasteiger partial charge is 0.324 e. The van der Waals surface area contributed by atoms with Crippen molar-refractivity contribution >= 4 is 8.60 Å². The van der Waals surface area contributed by atoms with Gasteiger partial charge in [-0.25, -0.2) is 0 Å². The molecule has 3 saturated carbocycles. The van der Waals surface area contributed by atoms with Crippen LogP contribution in [0, 0.1) is 53.3 Å². The zero-order chi connectivity index (χ0) is 69.7. The van der Waals surface area contributed by atoms with Gasteiger partial charge in [0.15, 0.2) is 0 Å². The number of aliphatic hydroxyl groups excluding tert-OH is 6. The minimum Gasteiger partial charge on any atom is -0.390 e. The Hall–Kier alpha value is 0.0700. The Morgan fingerprint density at radius 2 is 0.415 bits per heavy atom. The maximum atomic E-state index is 11.2. The van der Waals surface area contributed by atoms with E-state index in [1.165, 1.54) is 327 Å². The number of hydrogen-bond acceptors (Lipinski definition) is 9.